The molecule has 7 N–H and O–H groups in total. The summed E-state index contributed by atoms with van der Waals surface area (Å²) in [5.74, 6) is -3.71. The molecule has 1 fully saturated rings. The summed E-state index contributed by atoms with van der Waals surface area (Å²) < 4.78 is 0. The lowest BCUT2D eigenvalue weighted by Gasteiger charge is -2.48. The van der Waals surface area contributed by atoms with Crippen molar-refractivity contribution in [2.75, 3.05) is 51.1 Å². The first kappa shape index (κ1) is 111. The molecule has 1 saturated heterocycles. The third-order valence-electron chi connectivity index (χ3n) is 26.0. The first-order chi connectivity index (χ1) is 68.2. The third-order valence-corrected chi connectivity index (χ3v) is 26.0. The van der Waals surface area contributed by atoms with Gasteiger partial charge in [0.25, 0.3) is 0 Å². The van der Waals surface area contributed by atoms with Crippen LogP contribution in [0.4, 0.5) is 5.69 Å². The van der Waals surface area contributed by atoms with Crippen molar-refractivity contribution in [3.63, 3.8) is 0 Å². The molecule has 142 heavy (non-hydrogen) atoms. The predicted octanol–water partition coefficient (Wildman–Crippen LogP) is 22.3. The van der Waals surface area contributed by atoms with E-state index >= 15 is 19.2 Å². The largest absolute Gasteiger partial charge is 0.388 e. The second-order valence-electron chi connectivity index (χ2n) is 36.8. The van der Waals surface area contributed by atoms with Crippen LogP contribution in [0.3, 0.4) is 0 Å². The van der Waals surface area contributed by atoms with E-state index in [4.69, 9.17) is 5.73 Å². The van der Waals surface area contributed by atoms with Gasteiger partial charge in [0, 0.05) is 51.9 Å². The number of carbonyl (C=O) groups excluding carboxylic acids is 8. The van der Waals surface area contributed by atoms with Crippen LogP contribution in [0.1, 0.15) is 257 Å². The second-order valence-corrected chi connectivity index (χ2v) is 36.8. The normalized spacial score (nSPS) is 14.2. The molecule has 746 valence electrons. The molecule has 1 aliphatic rings. The number of hydrogen-bond acceptors (Lipinski definition) is 16. The maximum absolute atomic E-state index is 15.7. The fourth-order valence-corrected chi connectivity index (χ4v) is 17.2. The van der Waals surface area contributed by atoms with E-state index in [2.05, 4.69) is 43.0 Å². The van der Waals surface area contributed by atoms with E-state index in [0.29, 0.717) is 28.8 Å². The number of benzene rings is 11. The minimum Gasteiger partial charge on any atom is -0.388 e. The highest BCUT2D eigenvalue weighted by Crippen LogP contribution is 2.38. The molecule has 13 aromatic rings. The van der Waals surface area contributed by atoms with E-state index in [1.807, 2.05) is 382 Å². The molecule has 0 saturated carbocycles. The summed E-state index contributed by atoms with van der Waals surface area (Å²) in [4.78, 5) is 134. The second kappa shape index (κ2) is 56.3. The molecule has 1 aliphatic heterocycles. The molecule has 9 atom stereocenters. The quantitative estimate of drug-likeness (QED) is 0.0159. The SMILES string of the molecule is CC1(C)CCCC(C)(C)N1O.CCC(=O)c1ccccc1.CC[C@@H](O)c1ccccc1.CC[C@@H](O)c1ccccc1.CC[C@H](O)c1ccccc1.C[C@@H](c1ccccc1)N(CC(N)=O)C(=O)CN(C(=O)CN(C(=O)CN(C(=O)CN(C(=O)CN(C(=O)CNc1cc2cccnc2c2ncccc12)[C@@H](C)c1ccccc1)[C@@H](C)c1ccccc1)[C@@H](C)c1ccccc1)[C@@H](C)c1ccccc1)[C@@H](C)c1ccccc1. The lowest BCUT2D eigenvalue weighted by atomic mass is 9.82. The minimum absolute atomic E-state index is 0.0399. The number of nitrogens with zero attached hydrogens (tertiary/aromatic N) is 9. The number of aliphatic hydroxyl groups excluding tert-OH is 3. The summed E-state index contributed by atoms with van der Waals surface area (Å²) in [6.07, 6.45) is 8.87. The third kappa shape index (κ3) is 32.7. The van der Waals surface area contributed by atoms with E-state index in [1.165, 1.54) is 40.9 Å². The van der Waals surface area contributed by atoms with Crippen molar-refractivity contribution in [2.45, 2.75) is 208 Å². The van der Waals surface area contributed by atoms with Crippen LogP contribution in [-0.4, -0.2) is 169 Å². The zero-order valence-corrected chi connectivity index (χ0v) is 84.7. The Morgan fingerprint density at radius 1 is 0.338 bits per heavy atom. The predicted molar refractivity (Wildman–Crippen MR) is 566 cm³/mol. The van der Waals surface area contributed by atoms with Gasteiger partial charge in [0.15, 0.2) is 5.78 Å². The molecule has 0 unspecified atom stereocenters. The number of Topliss-reactive ketones (excluding diaryl/α,β-unsaturated/α-hetero) is 1. The van der Waals surface area contributed by atoms with Gasteiger partial charge in [-0.25, -0.2) is 0 Å². The van der Waals surface area contributed by atoms with Crippen molar-refractivity contribution in [3.8, 4) is 0 Å². The first-order valence-electron chi connectivity index (χ1n) is 49.2. The lowest BCUT2D eigenvalue weighted by Crippen LogP contribution is -2.56. The van der Waals surface area contributed by atoms with Crippen LogP contribution < -0.4 is 11.1 Å². The summed E-state index contributed by atoms with van der Waals surface area (Å²) in [6, 6.07) is 99.4. The molecule has 14 rings (SSSR count). The van der Waals surface area contributed by atoms with Gasteiger partial charge in [-0.15, -0.1) is 0 Å². The molecule has 0 spiro atoms. The number of ketones is 1. The molecular formula is C119H143N11O12. The van der Waals surface area contributed by atoms with E-state index in [0.717, 1.165) is 92.9 Å². The zero-order valence-electron chi connectivity index (χ0n) is 84.7. The lowest BCUT2D eigenvalue weighted by molar-refractivity contribution is -0.241. The van der Waals surface area contributed by atoms with E-state index < -0.39 is 111 Å². The van der Waals surface area contributed by atoms with Crippen LogP contribution in [-0.2, 0) is 33.6 Å². The number of nitrogens with two attached hydrogens (primary N) is 1. The van der Waals surface area contributed by atoms with Gasteiger partial charge in [-0.3, -0.25) is 48.3 Å². The van der Waals surface area contributed by atoms with Crippen molar-refractivity contribution < 1.29 is 58.9 Å². The highest BCUT2D eigenvalue weighted by molar-refractivity contribution is 6.09. The van der Waals surface area contributed by atoms with Crippen LogP contribution in [0.5, 0.6) is 0 Å². The number of aromatic nitrogens is 2. The van der Waals surface area contributed by atoms with Gasteiger partial charge < -0.3 is 61.0 Å². The zero-order chi connectivity index (χ0) is 103. The maximum Gasteiger partial charge on any atom is 0.243 e. The fourth-order valence-electron chi connectivity index (χ4n) is 17.2. The monoisotopic (exact) mass is 1920 g/mol. The number of fused-ring (bicyclic) bond motifs is 3. The molecule has 11 aromatic carbocycles. The number of hydrogen-bond donors (Lipinski definition) is 6. The standard InChI is InChI=1S/C74H78N10O7.C9H19NO.3C9H12O.C9H10O/c1-51(57-27-13-7-14-28-57)79(45-66(75)85)68(87)47-81(53(3)59-31-17-9-18-32-59)70(89)49-83(55(5)61-35-21-11-22-36-61)72(91)50-84(56(6)62-37-23-12-24-38-62)71(90)48-82(54(4)60-33-19-10-20-34-60)69(88)46-80(52(2)58-29-15-8-16-30-58)67(86)44-78-65-43-63-39-25-41-76-73(63)74-64(65)40-26-42-77-74;1-8(2)6-5-7-9(3,4)10(8)11;4*1-2-9(10)8-6-4-3-5-7-8/h7-43,51-56,78H,44-50H2,1-6H3,(H2,75,85);11H,5-7H2,1-4H3;3*3-7,9-10H,2H2,1H3;3-7H,2H2,1H3/t51-,52-,53-,54-,55-,56-;;3*9-;/m0.110./s1. The minimum atomic E-state index is -0.749. The van der Waals surface area contributed by atoms with Gasteiger partial charge in [-0.05, 0) is 182 Å². The van der Waals surface area contributed by atoms with Crippen molar-refractivity contribution in [1.82, 2.24) is 44.4 Å². The first-order valence-corrected chi connectivity index (χ1v) is 49.2. The van der Waals surface area contributed by atoms with Gasteiger partial charge in [-0.1, -0.05) is 337 Å². The van der Waals surface area contributed by atoms with Gasteiger partial charge in [0.05, 0.1) is 78.7 Å². The topological polar surface area (TPSA) is 304 Å². The van der Waals surface area contributed by atoms with E-state index in [1.54, 1.807) is 33.2 Å². The average molecular weight is 1920 g/mol. The maximum atomic E-state index is 15.7. The van der Waals surface area contributed by atoms with E-state index in [9.17, 15) is 39.7 Å². The summed E-state index contributed by atoms with van der Waals surface area (Å²) in [7, 11) is 0. The molecular weight excluding hydrogens is 1780 g/mol. The Bertz CT molecular complexity index is 5910. The van der Waals surface area contributed by atoms with Crippen LogP contribution in [0.2, 0.25) is 0 Å². The number of carbonyl (C=O) groups is 8. The van der Waals surface area contributed by atoms with Crippen LogP contribution in [0, 0.1) is 0 Å². The Balaban J connectivity index is 0.000000349. The molecule has 7 amide bonds. The number of amides is 7. The van der Waals surface area contributed by atoms with Crippen molar-refractivity contribution in [2.24, 2.45) is 5.73 Å². The Morgan fingerprint density at radius 2 is 0.585 bits per heavy atom. The Labute approximate surface area is 839 Å². The molecule has 23 heteroatoms. The molecule has 3 heterocycles. The van der Waals surface area contributed by atoms with Crippen LogP contribution in [0.15, 0.2) is 346 Å². The highest BCUT2D eigenvalue weighted by Gasteiger charge is 2.41. The fraction of sp³-hybridized carbons (Fsp3) is 0.328. The summed E-state index contributed by atoms with van der Waals surface area (Å²) >= 11 is 0. The highest BCUT2D eigenvalue weighted by atomic mass is 16.5. The number of piperidine rings is 1. The number of anilines is 1. The summed E-state index contributed by atoms with van der Waals surface area (Å²) in [5.41, 5.74) is 16.0. The number of rotatable bonds is 35. The van der Waals surface area contributed by atoms with Gasteiger partial charge in [-0.2, -0.15) is 5.06 Å². The molecule has 0 bridgehead atoms. The summed E-state index contributed by atoms with van der Waals surface area (Å²) in [6.45, 7) is 24.0. The Morgan fingerprint density at radius 3 is 0.845 bits per heavy atom. The smallest absolute Gasteiger partial charge is 0.243 e. The van der Waals surface area contributed by atoms with Crippen molar-refractivity contribution in [3.05, 3.63) is 402 Å². The number of nitrogens with one attached hydrogen (secondary N) is 1. The molecule has 0 aliphatic carbocycles. The Hall–Kier alpha value is -14.2. The van der Waals surface area contributed by atoms with Crippen molar-refractivity contribution >= 4 is 74.6 Å². The number of pyridine rings is 2. The van der Waals surface area contributed by atoms with Crippen LogP contribution >= 0.6 is 0 Å². The van der Waals surface area contributed by atoms with Gasteiger partial charge in [0.1, 0.15) is 32.7 Å². The molecule has 0 radical (unpaired) electrons. The number of hydroxylamine groups is 2. The van der Waals surface area contributed by atoms with Gasteiger partial charge in [0.2, 0.25) is 41.4 Å². The number of aliphatic hydroxyl groups is 3. The van der Waals surface area contributed by atoms with Crippen molar-refractivity contribution in [1.29, 1.82) is 0 Å². The van der Waals surface area contributed by atoms with Crippen LogP contribution in [0.25, 0.3) is 21.8 Å². The average Bonchev–Trinajstić information content (AvgIpc) is 0.772. The van der Waals surface area contributed by atoms with E-state index in [-0.39, 0.29) is 47.6 Å². The molecule has 2 aromatic heterocycles. The number of primary amides is 1. The summed E-state index contributed by atoms with van der Waals surface area (Å²) in [5, 5.41) is 44.3. The van der Waals surface area contributed by atoms with Gasteiger partial charge >= 0.3 is 0 Å². The molecule has 23 nitrogen and oxygen atoms in total. The Kier molecular flexibility index (Phi) is 44.2.